The molecule has 0 aliphatic heterocycles. The molecule has 0 saturated heterocycles. The molecule has 27 heavy (non-hydrogen) atoms. The van der Waals surface area contributed by atoms with Crippen LogP contribution in [0.4, 0.5) is 4.79 Å². The van der Waals surface area contributed by atoms with Gasteiger partial charge < -0.3 is 26.0 Å². The highest BCUT2D eigenvalue weighted by atomic mass is 16.6. The Balaban J connectivity index is 4.44. The van der Waals surface area contributed by atoms with Gasteiger partial charge in [-0.1, -0.05) is 33.6 Å². The van der Waals surface area contributed by atoms with Crippen molar-refractivity contribution >= 4 is 18.0 Å². The van der Waals surface area contributed by atoms with Crippen molar-refractivity contribution in [2.24, 2.45) is 10.9 Å². The molecular formula is C19H39N5O3. The van der Waals surface area contributed by atoms with E-state index in [2.05, 4.69) is 33.2 Å². The third-order valence-corrected chi connectivity index (χ3v) is 3.60. The molecule has 0 saturated carbocycles. The predicted octanol–water partition coefficient (Wildman–Crippen LogP) is 2.01. The van der Waals surface area contributed by atoms with Crippen LogP contribution >= 0.6 is 0 Å². The number of amides is 2. The maximum absolute atomic E-state index is 11.9. The molecular weight excluding hydrogens is 346 g/mol. The first-order valence-corrected chi connectivity index (χ1v) is 9.80. The number of carbonyl (C=O) groups is 2. The number of hydrogen-bond donors (Lipinski definition) is 4. The molecule has 0 aliphatic rings. The summed E-state index contributed by atoms with van der Waals surface area (Å²) in [7, 11) is 1.69. The van der Waals surface area contributed by atoms with Gasteiger partial charge in [0.05, 0.1) is 0 Å². The monoisotopic (exact) mass is 385 g/mol. The van der Waals surface area contributed by atoms with Crippen LogP contribution in [0, 0.1) is 5.92 Å². The summed E-state index contributed by atoms with van der Waals surface area (Å²) in [5.41, 5.74) is -0.519. The molecule has 0 radical (unpaired) electrons. The summed E-state index contributed by atoms with van der Waals surface area (Å²) in [5.74, 6) is 0.641. The van der Waals surface area contributed by atoms with Gasteiger partial charge in [-0.05, 0) is 27.2 Å². The fraction of sp³-hybridized carbons (Fsp3) is 0.842. The Kier molecular flexibility index (Phi) is 12.2. The van der Waals surface area contributed by atoms with Crippen molar-refractivity contribution in [1.82, 2.24) is 21.3 Å². The Morgan fingerprint density at radius 1 is 1.07 bits per heavy atom. The van der Waals surface area contributed by atoms with Crippen LogP contribution in [0.5, 0.6) is 0 Å². The van der Waals surface area contributed by atoms with Crippen molar-refractivity contribution in [3.63, 3.8) is 0 Å². The maximum Gasteiger partial charge on any atom is 0.407 e. The smallest absolute Gasteiger partial charge is 0.407 e. The summed E-state index contributed by atoms with van der Waals surface area (Å²) >= 11 is 0. The maximum atomic E-state index is 11.9. The minimum atomic E-state index is -0.519. The highest BCUT2D eigenvalue weighted by Crippen LogP contribution is 2.07. The number of guanidine groups is 1. The SMILES string of the molecule is CCCCC(CNC(=O)OC(C)(C)C)NC(=NC)NCCNC(=O)C(C)C. The van der Waals surface area contributed by atoms with E-state index >= 15 is 0 Å². The number of nitrogens with one attached hydrogen (secondary N) is 4. The fourth-order valence-electron chi connectivity index (χ4n) is 2.16. The summed E-state index contributed by atoms with van der Waals surface area (Å²) in [5, 5.41) is 12.2. The Labute approximate surface area is 164 Å². The van der Waals surface area contributed by atoms with E-state index in [0.29, 0.717) is 25.6 Å². The van der Waals surface area contributed by atoms with Crippen LogP contribution < -0.4 is 21.3 Å². The van der Waals surface area contributed by atoms with Gasteiger partial charge in [0.2, 0.25) is 5.91 Å². The first kappa shape index (κ1) is 25.0. The van der Waals surface area contributed by atoms with Gasteiger partial charge in [0.15, 0.2) is 5.96 Å². The fourth-order valence-corrected chi connectivity index (χ4v) is 2.16. The number of aliphatic imine (C=N–C) groups is 1. The quantitative estimate of drug-likeness (QED) is 0.262. The number of nitrogens with zero attached hydrogens (tertiary/aromatic N) is 1. The zero-order valence-electron chi connectivity index (χ0n) is 18.1. The van der Waals surface area contributed by atoms with E-state index in [-0.39, 0.29) is 17.9 Å². The largest absolute Gasteiger partial charge is 0.444 e. The summed E-state index contributed by atoms with van der Waals surface area (Å²) in [4.78, 5) is 27.7. The van der Waals surface area contributed by atoms with Crippen LogP contribution in [-0.4, -0.2) is 56.3 Å². The number of rotatable bonds is 10. The second kappa shape index (κ2) is 13.2. The van der Waals surface area contributed by atoms with E-state index in [9.17, 15) is 9.59 Å². The van der Waals surface area contributed by atoms with Gasteiger partial charge in [-0.2, -0.15) is 0 Å². The van der Waals surface area contributed by atoms with Gasteiger partial charge in [-0.15, -0.1) is 0 Å². The first-order chi connectivity index (χ1) is 12.6. The molecule has 1 unspecified atom stereocenters. The highest BCUT2D eigenvalue weighted by molar-refractivity contribution is 5.80. The predicted molar refractivity (Wildman–Crippen MR) is 110 cm³/mol. The molecule has 1 atom stereocenters. The molecule has 158 valence electrons. The van der Waals surface area contributed by atoms with Gasteiger partial charge in [-0.3, -0.25) is 9.79 Å². The summed E-state index contributed by atoms with van der Waals surface area (Å²) in [6.45, 7) is 12.9. The lowest BCUT2D eigenvalue weighted by Gasteiger charge is -2.24. The summed E-state index contributed by atoms with van der Waals surface area (Å²) in [6.07, 6.45) is 2.58. The van der Waals surface area contributed by atoms with Crippen LogP contribution in [0.2, 0.25) is 0 Å². The zero-order chi connectivity index (χ0) is 20.9. The number of ether oxygens (including phenoxy) is 1. The van der Waals surface area contributed by atoms with Crippen molar-refractivity contribution in [1.29, 1.82) is 0 Å². The van der Waals surface area contributed by atoms with Gasteiger partial charge in [0.25, 0.3) is 0 Å². The lowest BCUT2D eigenvalue weighted by atomic mass is 10.1. The van der Waals surface area contributed by atoms with Gasteiger partial charge in [0, 0.05) is 38.6 Å². The number of alkyl carbamates (subject to hydrolysis) is 1. The van der Waals surface area contributed by atoms with Crippen LogP contribution in [0.1, 0.15) is 60.8 Å². The highest BCUT2D eigenvalue weighted by Gasteiger charge is 2.18. The average Bonchev–Trinajstić information content (AvgIpc) is 2.57. The van der Waals surface area contributed by atoms with Gasteiger partial charge in [-0.25, -0.2) is 4.79 Å². The number of hydrogen-bond acceptors (Lipinski definition) is 4. The van der Waals surface area contributed by atoms with E-state index < -0.39 is 11.7 Å². The molecule has 0 spiro atoms. The van der Waals surface area contributed by atoms with Crippen molar-refractivity contribution in [3.05, 3.63) is 0 Å². The Morgan fingerprint density at radius 2 is 1.70 bits per heavy atom. The van der Waals surface area contributed by atoms with Crippen molar-refractivity contribution < 1.29 is 14.3 Å². The summed E-state index contributed by atoms with van der Waals surface area (Å²) in [6, 6.07) is 0.0360. The van der Waals surface area contributed by atoms with E-state index in [1.165, 1.54) is 0 Å². The van der Waals surface area contributed by atoms with Gasteiger partial charge in [0.1, 0.15) is 5.60 Å². The molecule has 0 aromatic rings. The first-order valence-electron chi connectivity index (χ1n) is 9.80. The molecule has 8 nitrogen and oxygen atoms in total. The molecule has 0 bridgehead atoms. The van der Waals surface area contributed by atoms with E-state index in [1.54, 1.807) is 7.05 Å². The van der Waals surface area contributed by atoms with E-state index in [0.717, 1.165) is 19.3 Å². The Morgan fingerprint density at radius 3 is 2.22 bits per heavy atom. The van der Waals surface area contributed by atoms with Crippen molar-refractivity contribution in [3.8, 4) is 0 Å². The van der Waals surface area contributed by atoms with E-state index in [1.807, 2.05) is 34.6 Å². The lowest BCUT2D eigenvalue weighted by molar-refractivity contribution is -0.123. The number of unbranched alkanes of at least 4 members (excludes halogenated alkanes) is 1. The minimum absolute atomic E-state index is 0.0280. The third-order valence-electron chi connectivity index (χ3n) is 3.60. The lowest BCUT2D eigenvalue weighted by Crippen LogP contribution is -2.50. The Hall–Kier alpha value is -1.99. The molecule has 0 rings (SSSR count). The Bertz CT molecular complexity index is 472. The zero-order valence-corrected chi connectivity index (χ0v) is 18.1. The summed E-state index contributed by atoms with van der Waals surface area (Å²) < 4.78 is 5.28. The van der Waals surface area contributed by atoms with Crippen LogP contribution in [0.3, 0.4) is 0 Å². The van der Waals surface area contributed by atoms with Crippen LogP contribution in [-0.2, 0) is 9.53 Å². The standard InChI is InChI=1S/C19H39N5O3/c1-8-9-10-15(13-23-18(26)27-19(4,5)6)24-17(20-7)22-12-11-21-16(25)14(2)3/h14-15H,8-13H2,1-7H3,(H,21,25)(H,23,26)(H2,20,22,24). The number of carbonyl (C=O) groups excluding carboxylic acids is 2. The normalized spacial score (nSPS) is 13.1. The van der Waals surface area contributed by atoms with Crippen LogP contribution in [0.15, 0.2) is 4.99 Å². The second-order valence-electron chi connectivity index (χ2n) is 7.81. The van der Waals surface area contributed by atoms with Gasteiger partial charge >= 0.3 is 6.09 Å². The second-order valence-corrected chi connectivity index (χ2v) is 7.81. The molecule has 8 heteroatoms. The van der Waals surface area contributed by atoms with E-state index in [4.69, 9.17) is 4.74 Å². The van der Waals surface area contributed by atoms with Crippen molar-refractivity contribution in [2.45, 2.75) is 72.4 Å². The third kappa shape index (κ3) is 13.8. The molecule has 0 heterocycles. The molecule has 0 aromatic heterocycles. The topological polar surface area (TPSA) is 104 Å². The van der Waals surface area contributed by atoms with Crippen LogP contribution in [0.25, 0.3) is 0 Å². The molecule has 4 N–H and O–H groups in total. The van der Waals surface area contributed by atoms with Crippen molar-refractivity contribution in [2.75, 3.05) is 26.7 Å². The molecule has 0 aliphatic carbocycles. The molecule has 2 amide bonds. The average molecular weight is 386 g/mol. The minimum Gasteiger partial charge on any atom is -0.444 e. The molecule has 0 fully saturated rings. The molecule has 0 aromatic carbocycles.